The molecule has 19 heavy (non-hydrogen) atoms. The van der Waals surface area contributed by atoms with Gasteiger partial charge in [0.1, 0.15) is 6.61 Å². The van der Waals surface area contributed by atoms with Gasteiger partial charge in [-0.15, -0.1) is 0 Å². The fourth-order valence-corrected chi connectivity index (χ4v) is 2.39. The van der Waals surface area contributed by atoms with E-state index in [1.165, 1.54) is 12.5 Å². The quantitative estimate of drug-likeness (QED) is 0.303. The zero-order valence-electron chi connectivity index (χ0n) is 13.6. The van der Waals surface area contributed by atoms with E-state index < -0.39 is 8.32 Å². The van der Waals surface area contributed by atoms with Crippen LogP contribution in [-0.4, -0.2) is 27.5 Å². The van der Waals surface area contributed by atoms with Crippen molar-refractivity contribution in [2.75, 3.05) is 13.2 Å². The molecule has 0 saturated heterocycles. The summed E-state index contributed by atoms with van der Waals surface area (Å²) in [5.41, 5.74) is 1.25. The maximum Gasteiger partial charge on any atom is 0.302 e. The second-order valence-electron chi connectivity index (χ2n) is 6.57. The van der Waals surface area contributed by atoms with Crippen LogP contribution in [0.5, 0.6) is 0 Å². The van der Waals surface area contributed by atoms with E-state index in [0.29, 0.717) is 6.61 Å². The molecule has 0 amide bonds. The Labute approximate surface area is 119 Å². The average molecular weight is 286 g/mol. The van der Waals surface area contributed by atoms with Gasteiger partial charge in [0.05, 0.1) is 0 Å². The lowest BCUT2D eigenvalue weighted by Gasteiger charge is -2.36. The Hall–Kier alpha value is -0.613. The van der Waals surface area contributed by atoms with Gasteiger partial charge in [0.25, 0.3) is 0 Å². The Morgan fingerprint density at radius 2 is 1.79 bits per heavy atom. The number of hydrogen-bond acceptors (Lipinski definition) is 3. The third-order valence-corrected chi connectivity index (χ3v) is 8.24. The molecule has 0 aliphatic carbocycles. The van der Waals surface area contributed by atoms with E-state index in [4.69, 9.17) is 9.16 Å². The molecule has 0 heterocycles. The number of esters is 1. The van der Waals surface area contributed by atoms with Gasteiger partial charge in [-0.05, 0) is 44.0 Å². The molecule has 0 aromatic rings. The molecule has 0 saturated carbocycles. The number of carbonyl (C=O) groups is 1. The van der Waals surface area contributed by atoms with Crippen LogP contribution in [0.3, 0.4) is 0 Å². The van der Waals surface area contributed by atoms with E-state index in [-0.39, 0.29) is 11.0 Å². The number of allylic oxidation sites excluding steroid dienone is 1. The largest absolute Gasteiger partial charge is 0.462 e. The van der Waals surface area contributed by atoms with Gasteiger partial charge in [-0.25, -0.2) is 0 Å². The molecule has 0 bridgehead atoms. The topological polar surface area (TPSA) is 35.5 Å². The number of carbonyl (C=O) groups excluding carboxylic acids is 1. The summed E-state index contributed by atoms with van der Waals surface area (Å²) in [6.45, 7) is 16.0. The Balaban J connectivity index is 3.89. The van der Waals surface area contributed by atoms with Gasteiger partial charge in [-0.2, -0.15) is 0 Å². The van der Waals surface area contributed by atoms with Gasteiger partial charge in [0, 0.05) is 13.5 Å². The van der Waals surface area contributed by atoms with Crippen molar-refractivity contribution in [2.24, 2.45) is 0 Å². The van der Waals surface area contributed by atoms with Crippen LogP contribution in [0.25, 0.3) is 0 Å². The molecule has 0 aromatic heterocycles. The minimum atomic E-state index is -1.61. The molecule has 0 spiro atoms. The lowest BCUT2D eigenvalue weighted by Crippen LogP contribution is -2.40. The van der Waals surface area contributed by atoms with Gasteiger partial charge in [-0.1, -0.05) is 26.3 Å². The van der Waals surface area contributed by atoms with E-state index in [9.17, 15) is 4.79 Å². The normalized spacial score (nSPS) is 13.5. The standard InChI is InChI=1S/C15H30O3Si/c1-13(10-12-17-14(2)16)9-8-11-18-19(6,7)15(3,4)5/h10H,8-9,11-12H2,1-7H3/b13-10+. The molecule has 0 unspecified atom stereocenters. The summed E-state index contributed by atoms with van der Waals surface area (Å²) in [6.07, 6.45) is 3.98. The molecule has 0 fully saturated rings. The predicted molar refractivity (Wildman–Crippen MR) is 82.8 cm³/mol. The highest BCUT2D eigenvalue weighted by Gasteiger charge is 2.36. The van der Waals surface area contributed by atoms with E-state index in [0.717, 1.165) is 19.4 Å². The van der Waals surface area contributed by atoms with Crippen molar-refractivity contribution in [1.82, 2.24) is 0 Å². The van der Waals surface area contributed by atoms with Crippen LogP contribution >= 0.6 is 0 Å². The molecule has 0 atom stereocenters. The van der Waals surface area contributed by atoms with Crippen LogP contribution < -0.4 is 0 Å². The highest BCUT2D eigenvalue weighted by molar-refractivity contribution is 6.74. The first-order valence-corrected chi connectivity index (χ1v) is 9.90. The lowest BCUT2D eigenvalue weighted by atomic mass is 10.1. The summed E-state index contributed by atoms with van der Waals surface area (Å²) in [5, 5.41) is 0.271. The van der Waals surface area contributed by atoms with Gasteiger partial charge in [-0.3, -0.25) is 4.79 Å². The summed E-state index contributed by atoms with van der Waals surface area (Å²) in [4.78, 5) is 10.6. The minimum Gasteiger partial charge on any atom is -0.462 e. The average Bonchev–Trinajstić information content (AvgIpc) is 2.22. The Kier molecular flexibility index (Phi) is 7.60. The second kappa shape index (κ2) is 7.85. The summed E-state index contributed by atoms with van der Waals surface area (Å²) >= 11 is 0. The van der Waals surface area contributed by atoms with Crippen LogP contribution in [0.1, 0.15) is 47.5 Å². The second-order valence-corrected chi connectivity index (χ2v) is 11.4. The van der Waals surface area contributed by atoms with Crippen molar-refractivity contribution in [3.63, 3.8) is 0 Å². The molecule has 0 aromatic carbocycles. The molecule has 0 radical (unpaired) electrons. The number of rotatable bonds is 7. The summed E-state index contributed by atoms with van der Waals surface area (Å²) in [7, 11) is -1.61. The van der Waals surface area contributed by atoms with Gasteiger partial charge < -0.3 is 9.16 Å². The zero-order chi connectivity index (χ0) is 15.1. The van der Waals surface area contributed by atoms with Gasteiger partial charge in [0.2, 0.25) is 0 Å². The molecular weight excluding hydrogens is 256 g/mol. The van der Waals surface area contributed by atoms with Crippen molar-refractivity contribution in [3.8, 4) is 0 Å². The Bertz CT molecular complexity index is 314. The van der Waals surface area contributed by atoms with Crippen LogP contribution in [0.2, 0.25) is 18.1 Å². The van der Waals surface area contributed by atoms with Crippen LogP contribution in [0.15, 0.2) is 11.6 Å². The number of ether oxygens (including phenoxy) is 1. The van der Waals surface area contributed by atoms with E-state index in [1.807, 2.05) is 6.08 Å². The zero-order valence-corrected chi connectivity index (χ0v) is 14.6. The smallest absolute Gasteiger partial charge is 0.302 e. The predicted octanol–water partition coefficient (Wildman–Crippen LogP) is 4.30. The highest BCUT2D eigenvalue weighted by Crippen LogP contribution is 2.36. The summed E-state index contributed by atoms with van der Waals surface area (Å²) < 4.78 is 11.0. The molecule has 0 N–H and O–H groups in total. The van der Waals surface area contributed by atoms with Crippen LogP contribution in [0, 0.1) is 0 Å². The first-order chi connectivity index (χ1) is 8.56. The maximum atomic E-state index is 10.6. The molecule has 0 aliphatic heterocycles. The SMILES string of the molecule is CC(=O)OC/C=C(\C)CCCO[Si](C)(C)C(C)(C)C. The van der Waals surface area contributed by atoms with Gasteiger partial charge >= 0.3 is 5.97 Å². The minimum absolute atomic E-state index is 0.231. The van der Waals surface area contributed by atoms with Crippen LogP contribution in [0.4, 0.5) is 0 Å². The van der Waals surface area contributed by atoms with Crippen molar-refractivity contribution in [1.29, 1.82) is 0 Å². The van der Waals surface area contributed by atoms with Crippen LogP contribution in [-0.2, 0) is 14.0 Å². The van der Waals surface area contributed by atoms with Crippen molar-refractivity contribution in [2.45, 2.75) is 65.6 Å². The molecular formula is C15H30O3Si. The first-order valence-electron chi connectivity index (χ1n) is 6.99. The molecule has 112 valence electrons. The van der Waals surface area contributed by atoms with E-state index in [1.54, 1.807) is 0 Å². The summed E-state index contributed by atoms with van der Waals surface area (Å²) in [5.74, 6) is -0.231. The third kappa shape index (κ3) is 8.21. The van der Waals surface area contributed by atoms with E-state index >= 15 is 0 Å². The lowest BCUT2D eigenvalue weighted by molar-refractivity contribution is -0.139. The summed E-state index contributed by atoms with van der Waals surface area (Å²) in [6, 6.07) is 0. The third-order valence-electron chi connectivity index (χ3n) is 3.70. The maximum absolute atomic E-state index is 10.6. The fourth-order valence-electron chi connectivity index (χ4n) is 1.30. The highest BCUT2D eigenvalue weighted by atomic mass is 28.4. The fraction of sp³-hybridized carbons (Fsp3) is 0.800. The molecule has 0 aliphatic rings. The van der Waals surface area contributed by atoms with Crippen molar-refractivity contribution < 1.29 is 14.0 Å². The van der Waals surface area contributed by atoms with Gasteiger partial charge in [0.15, 0.2) is 8.32 Å². The number of hydrogen-bond donors (Lipinski definition) is 0. The van der Waals surface area contributed by atoms with Crippen molar-refractivity contribution >= 4 is 14.3 Å². The molecule has 4 heteroatoms. The van der Waals surface area contributed by atoms with Crippen molar-refractivity contribution in [3.05, 3.63) is 11.6 Å². The molecule has 0 rings (SSSR count). The Morgan fingerprint density at radius 3 is 2.26 bits per heavy atom. The van der Waals surface area contributed by atoms with E-state index in [2.05, 4.69) is 40.8 Å². The first kappa shape index (κ1) is 18.4. The monoisotopic (exact) mass is 286 g/mol. The molecule has 3 nitrogen and oxygen atoms in total. The Morgan fingerprint density at radius 1 is 1.21 bits per heavy atom.